The van der Waals surface area contributed by atoms with Crippen molar-refractivity contribution < 1.29 is 23.5 Å². The Bertz CT molecular complexity index is 1400. The van der Waals surface area contributed by atoms with Crippen LogP contribution >= 0.6 is 0 Å². The fourth-order valence-corrected chi connectivity index (χ4v) is 3.27. The largest absolute Gasteiger partial charge is 0.423 e. The molecule has 0 atom stereocenters. The summed E-state index contributed by atoms with van der Waals surface area (Å²) in [6, 6.07) is 24.6. The number of hydrogen-bond acceptors (Lipinski definition) is 5. The Kier molecular flexibility index (Phi) is 7.22. The van der Waals surface area contributed by atoms with E-state index in [1.807, 2.05) is 30.3 Å². The van der Waals surface area contributed by atoms with Gasteiger partial charge in [0.25, 0.3) is 11.8 Å². The van der Waals surface area contributed by atoms with Crippen molar-refractivity contribution in [3.8, 4) is 5.75 Å². The molecule has 4 aromatic rings. The molecule has 8 heteroatoms. The number of fused-ring (bicyclic) bond motifs is 1. The van der Waals surface area contributed by atoms with Crippen molar-refractivity contribution in [1.29, 1.82) is 0 Å². The van der Waals surface area contributed by atoms with Crippen LogP contribution < -0.4 is 15.5 Å². The lowest BCUT2D eigenvalue weighted by atomic mass is 10.0. The molecule has 0 fully saturated rings. The number of benzene rings is 4. The second kappa shape index (κ2) is 10.8. The second-order valence-corrected chi connectivity index (χ2v) is 7.47. The van der Waals surface area contributed by atoms with Gasteiger partial charge in [0.2, 0.25) is 0 Å². The van der Waals surface area contributed by atoms with Crippen LogP contribution in [0.2, 0.25) is 0 Å². The average Bonchev–Trinajstić information content (AvgIpc) is 2.88. The van der Waals surface area contributed by atoms with Crippen LogP contribution in [0.1, 0.15) is 26.3 Å². The highest BCUT2D eigenvalue weighted by atomic mass is 19.1. The van der Waals surface area contributed by atoms with Crippen LogP contribution in [0.15, 0.2) is 96.1 Å². The third-order valence-corrected chi connectivity index (χ3v) is 5.02. The quantitative estimate of drug-likeness (QED) is 0.185. The lowest BCUT2D eigenvalue weighted by molar-refractivity contribution is -0.120. The number of hydrogen-bond donors (Lipinski definition) is 2. The van der Waals surface area contributed by atoms with Crippen LogP contribution in [0.4, 0.5) is 4.39 Å². The molecule has 0 saturated carbocycles. The molecule has 0 aliphatic carbocycles. The molecule has 4 aromatic carbocycles. The number of hydrazone groups is 1. The van der Waals surface area contributed by atoms with Gasteiger partial charge in [-0.1, -0.05) is 36.4 Å². The van der Waals surface area contributed by atoms with Crippen molar-refractivity contribution in [2.75, 3.05) is 6.54 Å². The molecule has 35 heavy (non-hydrogen) atoms. The van der Waals surface area contributed by atoms with Gasteiger partial charge in [-0.25, -0.2) is 14.6 Å². The van der Waals surface area contributed by atoms with Gasteiger partial charge in [0.1, 0.15) is 11.6 Å². The maximum absolute atomic E-state index is 12.9. The molecule has 0 bridgehead atoms. The predicted octanol–water partition coefficient (Wildman–Crippen LogP) is 4.08. The minimum absolute atomic E-state index is 0.240. The molecule has 0 unspecified atom stereocenters. The first-order valence-electron chi connectivity index (χ1n) is 10.7. The van der Waals surface area contributed by atoms with E-state index in [0.717, 1.165) is 22.9 Å². The fourth-order valence-electron chi connectivity index (χ4n) is 3.27. The number of rotatable bonds is 7. The number of esters is 1. The molecule has 0 aliphatic rings. The first-order valence-corrected chi connectivity index (χ1v) is 10.7. The molecule has 0 radical (unpaired) electrons. The molecule has 0 aliphatic heterocycles. The van der Waals surface area contributed by atoms with Gasteiger partial charge in [-0.15, -0.1) is 0 Å². The van der Waals surface area contributed by atoms with Crippen LogP contribution in [0.3, 0.4) is 0 Å². The third kappa shape index (κ3) is 6.14. The number of carbonyl (C=O) groups excluding carboxylic acids is 3. The summed E-state index contributed by atoms with van der Waals surface area (Å²) in [6.45, 7) is -0.295. The summed E-state index contributed by atoms with van der Waals surface area (Å²) >= 11 is 0. The number of nitrogens with zero attached hydrogens (tertiary/aromatic N) is 1. The van der Waals surface area contributed by atoms with Crippen LogP contribution in [-0.4, -0.2) is 30.5 Å². The van der Waals surface area contributed by atoms with Gasteiger partial charge in [0, 0.05) is 5.56 Å². The van der Waals surface area contributed by atoms with Gasteiger partial charge < -0.3 is 10.1 Å². The zero-order chi connectivity index (χ0) is 24.6. The van der Waals surface area contributed by atoms with Crippen LogP contribution in [-0.2, 0) is 4.79 Å². The summed E-state index contributed by atoms with van der Waals surface area (Å²) in [5.41, 5.74) is 3.68. The average molecular weight is 469 g/mol. The maximum Gasteiger partial charge on any atom is 0.344 e. The molecule has 7 nitrogen and oxygen atoms in total. The van der Waals surface area contributed by atoms with E-state index in [4.69, 9.17) is 4.74 Å². The third-order valence-electron chi connectivity index (χ3n) is 5.02. The summed E-state index contributed by atoms with van der Waals surface area (Å²) < 4.78 is 18.4. The molecule has 0 saturated heterocycles. The van der Waals surface area contributed by atoms with E-state index in [-0.39, 0.29) is 12.1 Å². The Morgan fingerprint density at radius 2 is 1.57 bits per heavy atom. The van der Waals surface area contributed by atoms with E-state index in [0.29, 0.717) is 16.9 Å². The van der Waals surface area contributed by atoms with Gasteiger partial charge in [-0.2, -0.15) is 5.10 Å². The highest BCUT2D eigenvalue weighted by Crippen LogP contribution is 2.21. The van der Waals surface area contributed by atoms with Gasteiger partial charge in [-0.05, 0) is 70.9 Å². The highest BCUT2D eigenvalue weighted by Gasteiger charge is 2.12. The summed E-state index contributed by atoms with van der Waals surface area (Å²) in [5.74, 6) is -1.58. The minimum atomic E-state index is -0.530. The monoisotopic (exact) mass is 469 g/mol. The first-order chi connectivity index (χ1) is 17.0. The van der Waals surface area contributed by atoms with E-state index in [2.05, 4.69) is 15.8 Å². The molecule has 4 rings (SSSR count). The first kappa shape index (κ1) is 23.3. The van der Waals surface area contributed by atoms with E-state index >= 15 is 0 Å². The maximum atomic E-state index is 12.9. The number of halogens is 1. The number of ether oxygens (including phenoxy) is 1. The van der Waals surface area contributed by atoms with E-state index in [1.165, 1.54) is 18.3 Å². The molecule has 2 N–H and O–H groups in total. The molecular formula is C27H20FN3O4. The van der Waals surface area contributed by atoms with Crippen molar-refractivity contribution in [2.45, 2.75) is 0 Å². The smallest absolute Gasteiger partial charge is 0.344 e. The van der Waals surface area contributed by atoms with Crippen LogP contribution in [0.5, 0.6) is 5.75 Å². The van der Waals surface area contributed by atoms with Crippen molar-refractivity contribution >= 4 is 34.8 Å². The lowest BCUT2D eigenvalue weighted by Crippen LogP contribution is -2.34. The van der Waals surface area contributed by atoms with Crippen molar-refractivity contribution in [1.82, 2.24) is 10.7 Å². The molecule has 0 aromatic heterocycles. The summed E-state index contributed by atoms with van der Waals surface area (Å²) in [6.07, 6.45) is 1.41. The van der Waals surface area contributed by atoms with Crippen molar-refractivity contribution in [3.05, 3.63) is 114 Å². The lowest BCUT2D eigenvalue weighted by Gasteiger charge is -2.07. The Balaban J connectivity index is 1.27. The number of carbonyl (C=O) groups is 3. The normalized spacial score (nSPS) is 10.8. The van der Waals surface area contributed by atoms with Gasteiger partial charge >= 0.3 is 5.97 Å². The highest BCUT2D eigenvalue weighted by molar-refractivity contribution is 6.05. The molecule has 174 valence electrons. The zero-order valence-corrected chi connectivity index (χ0v) is 18.4. The SMILES string of the molecule is O=C(CNC(=O)c1ccc(F)cc1)NN=Cc1ccc(OC(=O)c2cccc3ccccc23)cc1. The number of amides is 2. The van der Waals surface area contributed by atoms with Crippen LogP contribution in [0, 0.1) is 5.82 Å². The number of nitrogens with one attached hydrogen (secondary N) is 2. The predicted molar refractivity (Wildman–Crippen MR) is 130 cm³/mol. The molecule has 0 spiro atoms. The van der Waals surface area contributed by atoms with E-state index in [1.54, 1.807) is 36.4 Å². The van der Waals surface area contributed by atoms with Gasteiger partial charge in [0.15, 0.2) is 0 Å². The molecule has 2 amide bonds. The Hall–Kier alpha value is -4.85. The molecular weight excluding hydrogens is 449 g/mol. The Morgan fingerprint density at radius 1 is 0.857 bits per heavy atom. The topological polar surface area (TPSA) is 96.9 Å². The summed E-state index contributed by atoms with van der Waals surface area (Å²) in [5, 5.41) is 8.03. The minimum Gasteiger partial charge on any atom is -0.423 e. The van der Waals surface area contributed by atoms with Crippen LogP contribution in [0.25, 0.3) is 10.8 Å². The summed E-state index contributed by atoms with van der Waals surface area (Å²) in [4.78, 5) is 36.4. The van der Waals surface area contributed by atoms with Gasteiger partial charge in [0.05, 0.1) is 18.3 Å². The fraction of sp³-hybridized carbons (Fsp3) is 0.0370. The van der Waals surface area contributed by atoms with Crippen molar-refractivity contribution in [2.24, 2.45) is 5.10 Å². The summed E-state index contributed by atoms with van der Waals surface area (Å²) in [7, 11) is 0. The Morgan fingerprint density at radius 3 is 2.34 bits per heavy atom. The van der Waals surface area contributed by atoms with Gasteiger partial charge in [-0.3, -0.25) is 9.59 Å². The standard InChI is InChI=1S/C27H20FN3O4/c28-21-12-10-20(11-13-21)26(33)29-17-25(32)31-30-16-18-8-14-22(15-9-18)35-27(34)24-7-3-5-19-4-1-2-6-23(19)24/h1-16H,17H2,(H,29,33)(H,31,32). The Labute approximate surface area is 200 Å². The van der Waals surface area contributed by atoms with Crippen molar-refractivity contribution in [3.63, 3.8) is 0 Å². The van der Waals surface area contributed by atoms with E-state index < -0.39 is 23.6 Å². The van der Waals surface area contributed by atoms with E-state index in [9.17, 15) is 18.8 Å². The second-order valence-electron chi connectivity index (χ2n) is 7.47. The molecule has 0 heterocycles. The zero-order valence-electron chi connectivity index (χ0n) is 18.4.